The Labute approximate surface area is 247 Å². The number of benzene rings is 1. The van der Waals surface area contributed by atoms with Gasteiger partial charge in [0.25, 0.3) is 5.56 Å². The first kappa shape index (κ1) is 28.7. The van der Waals surface area contributed by atoms with E-state index in [9.17, 15) is 23.7 Å². The van der Waals surface area contributed by atoms with Crippen LogP contribution in [-0.2, 0) is 23.4 Å². The highest BCUT2D eigenvalue weighted by Crippen LogP contribution is 2.51. The number of aliphatic hydroxyl groups is 1. The monoisotopic (exact) mass is 627 g/mol. The Morgan fingerprint density at radius 1 is 1.40 bits per heavy atom. The predicted molar refractivity (Wildman–Crippen MR) is 151 cm³/mol. The molecule has 0 saturated carbocycles. The molecule has 0 aliphatic carbocycles. The second kappa shape index (κ2) is 12.4. The van der Waals surface area contributed by atoms with Crippen molar-refractivity contribution in [2.75, 3.05) is 18.5 Å². The van der Waals surface area contributed by atoms with E-state index in [0.717, 1.165) is 10.8 Å². The normalized spacial score (nSPS) is 25.2. The highest BCUT2D eigenvalue weighted by atomic mass is 35.5. The van der Waals surface area contributed by atoms with Crippen LogP contribution >= 0.6 is 19.2 Å². The van der Waals surface area contributed by atoms with Crippen molar-refractivity contribution in [2.24, 2.45) is 11.7 Å². The predicted octanol–water partition coefficient (Wildman–Crippen LogP) is 2.48. The number of fused-ring (bicyclic) bond motifs is 1. The molecule has 0 radical (unpaired) electrons. The summed E-state index contributed by atoms with van der Waals surface area (Å²) >= 11 is 5.63. The number of para-hydroxylation sites is 1. The highest BCUT2D eigenvalue weighted by Gasteiger charge is 2.55. The summed E-state index contributed by atoms with van der Waals surface area (Å²) in [6.45, 7) is 1.48. The van der Waals surface area contributed by atoms with Crippen LogP contribution in [-0.4, -0.2) is 62.2 Å². The fourth-order valence-electron chi connectivity index (χ4n) is 4.26. The average Bonchev–Trinajstić information content (AvgIpc) is 3.37. The van der Waals surface area contributed by atoms with Gasteiger partial charge in [-0.15, -0.1) is 0 Å². The first-order valence-electron chi connectivity index (χ1n) is 13.6. The highest BCUT2D eigenvalue weighted by molar-refractivity contribution is 7.54. The van der Waals surface area contributed by atoms with Crippen molar-refractivity contribution in [3.05, 3.63) is 52.7 Å². The number of rotatable bonds is 10. The smallest absolute Gasteiger partial charge is 0.380 e. The average molecular weight is 628 g/mol. The van der Waals surface area contributed by atoms with E-state index in [1.165, 1.54) is 19.1 Å². The van der Waals surface area contributed by atoms with E-state index in [1.54, 1.807) is 32.0 Å². The summed E-state index contributed by atoms with van der Waals surface area (Å²) in [4.78, 5) is 31.0. The van der Waals surface area contributed by atoms with Gasteiger partial charge in [-0.05, 0) is 37.6 Å². The van der Waals surface area contributed by atoms with Crippen molar-refractivity contribution in [2.45, 2.75) is 50.8 Å². The molecule has 0 spiro atoms. The van der Waals surface area contributed by atoms with Crippen molar-refractivity contribution < 1.29 is 40.1 Å². The van der Waals surface area contributed by atoms with Crippen LogP contribution in [0.5, 0.6) is 5.75 Å². The van der Waals surface area contributed by atoms with Gasteiger partial charge >= 0.3 is 13.6 Å². The number of aliphatic hydroxyl groups excluding tert-OH is 1. The topological polar surface area (TPSA) is 194 Å². The molecule has 4 rings (SSSR count). The number of hydrogen-bond acceptors (Lipinski definition) is 11. The lowest BCUT2D eigenvalue weighted by Gasteiger charge is -2.28. The summed E-state index contributed by atoms with van der Waals surface area (Å²) in [5.74, 6) is -0.883. The maximum atomic E-state index is 14.9. The lowest BCUT2D eigenvalue weighted by atomic mass is 9.92. The molecule has 1 aromatic carbocycles. The molecule has 0 bridgehead atoms. The minimum Gasteiger partial charge on any atom is -0.463 e. The molecule has 1 aliphatic heterocycles. The molecular weight excluding hydrogens is 596 g/mol. The minimum atomic E-state index is -4.60. The second-order valence-electron chi connectivity index (χ2n) is 9.83. The van der Waals surface area contributed by atoms with Gasteiger partial charge in [-0.1, -0.05) is 31.0 Å². The van der Waals surface area contributed by atoms with E-state index in [0.29, 0.717) is 0 Å². The number of carbonyl (C=O) groups excluding carboxylic acids is 1. The number of nitrogens with zero attached hydrogens (tertiary/aromatic N) is 2. The maximum Gasteiger partial charge on any atom is 0.380 e. The van der Waals surface area contributed by atoms with Crippen LogP contribution in [0, 0.1) is 23.0 Å². The summed E-state index contributed by atoms with van der Waals surface area (Å²) in [5.41, 5.74) is 8.50. The standard InChI is InChI=1S/C26H30ClFN5O8P/c1-14(2)39-23(36)15(3)13-42(37,41-16-7-5-4-6-8-16)38-12-18-20(34)26(30,9-10-27)24(40-18)33-11-17(28)19-21(33)31-25(29)32-22(19)35/h4-8,11,14-15,18,20,24,34H,12-13,30H2,1-3H3,(H3,29,31,32,35)/t15-,18-,20+,24-,26?,42+/m1/s1/i12D2. The van der Waals surface area contributed by atoms with Gasteiger partial charge in [-0.3, -0.25) is 23.7 Å². The fraction of sp³-hybridized carbons (Fsp3) is 0.423. The number of carbonyl (C=O) groups is 1. The Balaban J connectivity index is 1.74. The van der Waals surface area contributed by atoms with E-state index >= 15 is 0 Å². The van der Waals surface area contributed by atoms with E-state index in [4.69, 9.17) is 44.3 Å². The summed E-state index contributed by atoms with van der Waals surface area (Å²) in [6, 6.07) is 7.67. The van der Waals surface area contributed by atoms with Crippen molar-refractivity contribution in [3.8, 4) is 17.0 Å². The van der Waals surface area contributed by atoms with E-state index in [2.05, 4.69) is 15.9 Å². The molecule has 1 saturated heterocycles. The molecule has 13 nitrogen and oxygen atoms in total. The molecular formula is C26H30ClFN5O8P. The van der Waals surface area contributed by atoms with Gasteiger partial charge in [-0.25, -0.2) is 8.96 Å². The molecule has 1 aliphatic rings. The molecule has 1 unspecified atom stereocenters. The SMILES string of the molecule is [2H]C([2H])(O[P@@](=O)(C[C@@H](C)C(=O)OC(C)C)Oc1ccccc1)[C@H]1O[C@@H](n2cc(F)c3c(=O)[nH]c(N)nc32)C(N)(C#CCl)[C@H]1O. The first-order chi connectivity index (χ1) is 20.5. The minimum absolute atomic E-state index is 0.0335. The third kappa shape index (κ3) is 6.47. The van der Waals surface area contributed by atoms with Crippen LogP contribution in [0.2, 0.25) is 0 Å². The van der Waals surface area contributed by atoms with Gasteiger partial charge in [0.2, 0.25) is 5.95 Å². The number of aromatic amines is 1. The van der Waals surface area contributed by atoms with Gasteiger partial charge < -0.3 is 30.6 Å². The lowest BCUT2D eigenvalue weighted by Crippen LogP contribution is -2.53. The summed E-state index contributed by atoms with van der Waals surface area (Å²) < 4.78 is 69.4. The molecule has 2 aromatic heterocycles. The molecule has 226 valence electrons. The molecule has 0 amide bonds. The van der Waals surface area contributed by atoms with Gasteiger partial charge in [0.15, 0.2) is 23.2 Å². The summed E-state index contributed by atoms with van der Waals surface area (Å²) in [7, 11) is -4.60. The number of nitrogens with one attached hydrogen (secondary N) is 1. The Kier molecular flexibility index (Phi) is 8.48. The van der Waals surface area contributed by atoms with E-state index < -0.39 is 79.0 Å². The number of anilines is 1. The molecule has 6 atom stereocenters. The van der Waals surface area contributed by atoms with Gasteiger partial charge in [0.1, 0.15) is 23.3 Å². The number of H-pyrrole nitrogens is 1. The van der Waals surface area contributed by atoms with Gasteiger partial charge in [0, 0.05) is 11.6 Å². The number of nitrogen functional groups attached to an aromatic ring is 1. The maximum absolute atomic E-state index is 14.9. The zero-order valence-corrected chi connectivity index (χ0v) is 24.3. The van der Waals surface area contributed by atoms with Crippen LogP contribution < -0.4 is 21.6 Å². The Bertz CT molecular complexity index is 1720. The largest absolute Gasteiger partial charge is 0.463 e. The number of ether oxygens (including phenoxy) is 2. The zero-order chi connectivity index (χ0) is 32.6. The van der Waals surface area contributed by atoms with Crippen LogP contribution in [0.1, 0.15) is 29.7 Å². The molecule has 3 aromatic rings. The van der Waals surface area contributed by atoms with E-state index in [-0.39, 0.29) is 17.3 Å². The molecule has 16 heteroatoms. The van der Waals surface area contributed by atoms with Gasteiger partial charge in [0.05, 0.1) is 27.5 Å². The van der Waals surface area contributed by atoms with Gasteiger partial charge in [-0.2, -0.15) is 4.98 Å². The quantitative estimate of drug-likeness (QED) is 0.146. The third-order valence-electron chi connectivity index (χ3n) is 6.18. The number of nitrogens with two attached hydrogens (primary N) is 2. The molecule has 6 N–H and O–H groups in total. The van der Waals surface area contributed by atoms with Crippen LogP contribution in [0.15, 0.2) is 41.3 Å². The van der Waals surface area contributed by atoms with Crippen LogP contribution in [0.4, 0.5) is 10.3 Å². The molecule has 42 heavy (non-hydrogen) atoms. The Hall–Kier alpha value is -3.44. The molecule has 3 heterocycles. The van der Waals surface area contributed by atoms with Crippen molar-refractivity contribution in [1.29, 1.82) is 0 Å². The number of esters is 1. The fourth-order valence-corrected chi connectivity index (χ4v) is 6.14. The number of hydrogen-bond donors (Lipinski definition) is 4. The number of halogens is 2. The lowest BCUT2D eigenvalue weighted by molar-refractivity contribution is -0.151. The van der Waals surface area contributed by atoms with Crippen molar-refractivity contribution in [1.82, 2.24) is 14.5 Å². The Morgan fingerprint density at radius 2 is 2.10 bits per heavy atom. The number of aromatic nitrogens is 3. The third-order valence-corrected chi connectivity index (χ3v) is 8.14. The summed E-state index contributed by atoms with van der Waals surface area (Å²) in [6.07, 6.45) is -6.20. The van der Waals surface area contributed by atoms with Crippen molar-refractivity contribution >= 4 is 42.1 Å². The summed E-state index contributed by atoms with van der Waals surface area (Å²) in [5, 5.41) is 12.8. The Morgan fingerprint density at radius 3 is 2.74 bits per heavy atom. The molecule has 1 fully saturated rings. The zero-order valence-electron chi connectivity index (χ0n) is 24.6. The first-order valence-corrected chi connectivity index (χ1v) is 14.7. The van der Waals surface area contributed by atoms with Crippen LogP contribution in [0.25, 0.3) is 11.0 Å². The van der Waals surface area contributed by atoms with Crippen molar-refractivity contribution in [3.63, 3.8) is 0 Å². The van der Waals surface area contributed by atoms with E-state index in [1.807, 2.05) is 5.38 Å². The second-order valence-corrected chi connectivity index (χ2v) is 12.0. The van der Waals surface area contributed by atoms with Crippen LogP contribution in [0.3, 0.4) is 0 Å².